The van der Waals surface area contributed by atoms with E-state index < -0.39 is 21.4 Å². The fourth-order valence-electron chi connectivity index (χ4n) is 4.34. The molecule has 35 heavy (non-hydrogen) atoms. The number of rotatable bonds is 10. The summed E-state index contributed by atoms with van der Waals surface area (Å²) in [5.41, 5.74) is 0.757. The molecular weight excluding hydrogens is 474 g/mol. The van der Waals surface area contributed by atoms with E-state index >= 15 is 0 Å². The van der Waals surface area contributed by atoms with Crippen molar-refractivity contribution in [3.05, 3.63) is 36.4 Å². The molecule has 3 heterocycles. The monoisotopic (exact) mass is 501 g/mol. The van der Waals surface area contributed by atoms with Crippen LogP contribution in [0.3, 0.4) is 0 Å². The second kappa shape index (κ2) is 8.72. The Hall–Kier alpha value is -3.32. The van der Waals surface area contributed by atoms with E-state index in [0.717, 1.165) is 19.3 Å². The number of anilines is 1. The number of hydrogen-bond acceptors (Lipinski definition) is 10. The summed E-state index contributed by atoms with van der Waals surface area (Å²) in [4.78, 5) is 12.9. The van der Waals surface area contributed by atoms with Crippen LogP contribution in [-0.4, -0.2) is 64.7 Å². The molecule has 3 atom stereocenters. The highest BCUT2D eigenvalue weighted by Gasteiger charge is 2.65. The fraction of sp³-hybridized carbons (Fsp3) is 0.500. The minimum absolute atomic E-state index is 0.108. The molecule has 0 amide bonds. The van der Waals surface area contributed by atoms with Crippen LogP contribution in [0.5, 0.6) is 11.6 Å². The predicted octanol–water partition coefficient (Wildman–Crippen LogP) is 2.39. The molecule has 5 rings (SSSR count). The van der Waals surface area contributed by atoms with Crippen LogP contribution in [0, 0.1) is 5.41 Å². The Morgan fingerprint density at radius 1 is 1.11 bits per heavy atom. The van der Waals surface area contributed by atoms with Gasteiger partial charge in [0.1, 0.15) is 17.0 Å². The van der Waals surface area contributed by atoms with Gasteiger partial charge in [-0.25, -0.2) is 23.4 Å². The minimum atomic E-state index is -3.97. The number of methoxy groups -OCH3 is 3. The molecule has 0 radical (unpaired) electrons. The second-order valence-electron chi connectivity index (χ2n) is 8.85. The van der Waals surface area contributed by atoms with Gasteiger partial charge < -0.3 is 14.2 Å². The first-order chi connectivity index (χ1) is 16.8. The highest BCUT2D eigenvalue weighted by Crippen LogP contribution is 2.73. The molecule has 2 fully saturated rings. The predicted molar refractivity (Wildman–Crippen MR) is 125 cm³/mol. The number of hydrogen-bond donors (Lipinski definition) is 1. The van der Waals surface area contributed by atoms with Crippen molar-refractivity contribution >= 4 is 16.0 Å². The van der Waals surface area contributed by atoms with Crippen molar-refractivity contribution in [2.75, 3.05) is 26.1 Å². The average molecular weight is 502 g/mol. The number of sulfonamides is 1. The SMILES string of the molecule is COc1cnc([C@@H](OC)[C@H](C)S(=O)(=O)Nc2nnc(-c3cccc(OC)n3)n2[C@@H]2CC23CC3)nc1. The highest BCUT2D eigenvalue weighted by atomic mass is 32.2. The third-order valence-corrected chi connectivity index (χ3v) is 8.44. The Balaban J connectivity index is 1.46. The third-order valence-electron chi connectivity index (χ3n) is 6.75. The largest absolute Gasteiger partial charge is 0.494 e. The lowest BCUT2D eigenvalue weighted by atomic mass is 10.2. The average Bonchev–Trinajstić information content (AvgIpc) is 3.77. The zero-order valence-electron chi connectivity index (χ0n) is 19.9. The van der Waals surface area contributed by atoms with E-state index in [1.165, 1.54) is 40.6 Å². The molecule has 1 spiro atoms. The maximum absolute atomic E-state index is 13.4. The van der Waals surface area contributed by atoms with Crippen molar-refractivity contribution in [1.82, 2.24) is 29.7 Å². The lowest BCUT2D eigenvalue weighted by molar-refractivity contribution is 0.0948. The smallest absolute Gasteiger partial charge is 0.240 e. The molecular formula is C22H27N7O5S. The molecule has 0 unspecified atom stereocenters. The number of nitrogens with one attached hydrogen (secondary N) is 1. The van der Waals surface area contributed by atoms with E-state index in [9.17, 15) is 8.42 Å². The molecule has 2 saturated carbocycles. The van der Waals surface area contributed by atoms with Crippen molar-refractivity contribution in [1.29, 1.82) is 0 Å². The Labute approximate surface area is 203 Å². The van der Waals surface area contributed by atoms with Crippen LogP contribution in [0.15, 0.2) is 30.6 Å². The van der Waals surface area contributed by atoms with Crippen LogP contribution in [0.1, 0.15) is 44.2 Å². The van der Waals surface area contributed by atoms with Crippen molar-refractivity contribution in [2.45, 2.75) is 43.6 Å². The second-order valence-corrected chi connectivity index (χ2v) is 10.9. The van der Waals surface area contributed by atoms with Crippen molar-refractivity contribution < 1.29 is 22.6 Å². The van der Waals surface area contributed by atoms with Gasteiger partial charge in [-0.3, -0.25) is 9.29 Å². The van der Waals surface area contributed by atoms with Crippen molar-refractivity contribution in [2.24, 2.45) is 5.41 Å². The third kappa shape index (κ3) is 4.29. The van der Waals surface area contributed by atoms with E-state index in [1.54, 1.807) is 12.1 Å². The first-order valence-electron chi connectivity index (χ1n) is 11.2. The van der Waals surface area contributed by atoms with Crippen molar-refractivity contribution in [3.8, 4) is 23.1 Å². The molecule has 0 bridgehead atoms. The van der Waals surface area contributed by atoms with Gasteiger partial charge in [-0.2, -0.15) is 0 Å². The quantitative estimate of drug-likeness (QED) is 0.440. The summed E-state index contributed by atoms with van der Waals surface area (Å²) in [7, 11) is 0.486. The van der Waals surface area contributed by atoms with Gasteiger partial charge in [0, 0.05) is 19.2 Å². The van der Waals surface area contributed by atoms with Crippen LogP contribution in [-0.2, 0) is 14.8 Å². The van der Waals surface area contributed by atoms with Crippen LogP contribution in [0.2, 0.25) is 0 Å². The minimum Gasteiger partial charge on any atom is -0.494 e. The summed E-state index contributed by atoms with van der Waals surface area (Å²) in [5.74, 6) is 1.77. The van der Waals surface area contributed by atoms with Crippen LogP contribution >= 0.6 is 0 Å². The van der Waals surface area contributed by atoms with Gasteiger partial charge >= 0.3 is 0 Å². The molecule has 2 aliphatic rings. The van der Waals surface area contributed by atoms with Gasteiger partial charge in [0.05, 0.1) is 26.6 Å². The lowest BCUT2D eigenvalue weighted by Gasteiger charge is -2.22. The van der Waals surface area contributed by atoms with Gasteiger partial charge in [-0.15, -0.1) is 10.2 Å². The van der Waals surface area contributed by atoms with Crippen LogP contribution in [0.4, 0.5) is 5.95 Å². The Morgan fingerprint density at radius 3 is 2.46 bits per heavy atom. The topological polar surface area (TPSA) is 143 Å². The molecule has 2 aliphatic carbocycles. The number of pyridine rings is 1. The van der Waals surface area contributed by atoms with Crippen LogP contribution in [0.25, 0.3) is 11.5 Å². The highest BCUT2D eigenvalue weighted by molar-refractivity contribution is 7.93. The molecule has 3 aromatic rings. The Kier molecular flexibility index (Phi) is 5.83. The van der Waals surface area contributed by atoms with E-state index in [4.69, 9.17) is 14.2 Å². The van der Waals surface area contributed by atoms with Gasteiger partial charge in [0.15, 0.2) is 17.4 Å². The van der Waals surface area contributed by atoms with E-state index in [0.29, 0.717) is 23.1 Å². The number of nitrogens with zero attached hydrogens (tertiary/aromatic N) is 6. The van der Waals surface area contributed by atoms with E-state index in [1.807, 2.05) is 10.6 Å². The van der Waals surface area contributed by atoms with Crippen LogP contribution < -0.4 is 14.2 Å². The van der Waals surface area contributed by atoms with Crippen molar-refractivity contribution in [3.63, 3.8) is 0 Å². The number of aromatic nitrogens is 6. The number of ether oxygens (including phenoxy) is 3. The molecule has 13 heteroatoms. The maximum Gasteiger partial charge on any atom is 0.240 e. The zero-order chi connectivity index (χ0) is 24.8. The summed E-state index contributed by atoms with van der Waals surface area (Å²) in [6.45, 7) is 1.54. The normalized spacial score (nSPS) is 19.7. The summed E-state index contributed by atoms with van der Waals surface area (Å²) in [5, 5.41) is 7.48. The van der Waals surface area contributed by atoms with E-state index in [2.05, 4.69) is 29.9 Å². The van der Waals surface area contributed by atoms with E-state index in [-0.39, 0.29) is 23.2 Å². The molecule has 1 N–H and O–H groups in total. The maximum atomic E-state index is 13.4. The van der Waals surface area contributed by atoms with Gasteiger partial charge in [0.2, 0.25) is 21.9 Å². The van der Waals surface area contributed by atoms with Gasteiger partial charge in [-0.05, 0) is 37.7 Å². The molecule has 186 valence electrons. The molecule has 0 aromatic carbocycles. The summed E-state index contributed by atoms with van der Waals surface area (Å²) >= 11 is 0. The van der Waals surface area contributed by atoms with Gasteiger partial charge in [0.25, 0.3) is 0 Å². The Morgan fingerprint density at radius 2 is 1.86 bits per heavy atom. The standard InChI is InChI=1S/C22H27N7O5S/c1-13(18(34-4)19-23-11-14(32-2)12-24-19)35(30,31)28-21-27-26-20(15-6-5-7-17(25-15)33-3)29(21)16-10-22(16)8-9-22/h5-7,11-13,16,18H,8-10H2,1-4H3,(H,27,28)/t13-,16+,18-/m0/s1. The lowest BCUT2D eigenvalue weighted by Crippen LogP contribution is -2.33. The molecule has 12 nitrogen and oxygen atoms in total. The molecule has 0 aliphatic heterocycles. The van der Waals surface area contributed by atoms with Gasteiger partial charge in [-0.1, -0.05) is 6.07 Å². The fourth-order valence-corrected chi connectivity index (χ4v) is 5.48. The Bertz CT molecular complexity index is 1320. The first-order valence-corrected chi connectivity index (χ1v) is 12.7. The molecule has 0 saturated heterocycles. The summed E-state index contributed by atoms with van der Waals surface area (Å²) in [6, 6.07) is 5.45. The summed E-state index contributed by atoms with van der Waals surface area (Å²) in [6.07, 6.45) is 5.17. The molecule has 3 aromatic heterocycles. The first kappa shape index (κ1) is 23.4. The zero-order valence-corrected chi connectivity index (χ0v) is 20.7. The summed E-state index contributed by atoms with van der Waals surface area (Å²) < 4.78 is 47.1.